The first-order valence-electron chi connectivity index (χ1n) is 7.77. The SMILES string of the molecule is CC1CCN(c2nccc(NCc3ccccc3F)n2)CC1. The fourth-order valence-corrected chi connectivity index (χ4v) is 2.64. The number of halogens is 1. The molecule has 1 aromatic carbocycles. The standard InChI is InChI=1S/C17H21FN4/c1-13-7-10-22(11-8-13)17-19-9-6-16(21-17)20-12-14-4-2-3-5-15(14)18/h2-6,9,13H,7-8,10-12H2,1H3,(H,19,20,21). The number of nitrogens with zero attached hydrogens (tertiary/aromatic N) is 3. The van der Waals surface area contributed by atoms with Gasteiger partial charge in [-0.2, -0.15) is 4.98 Å². The van der Waals surface area contributed by atoms with Crippen LogP contribution < -0.4 is 10.2 Å². The Morgan fingerprint density at radius 3 is 2.77 bits per heavy atom. The Bertz CT molecular complexity index is 624. The van der Waals surface area contributed by atoms with Gasteiger partial charge >= 0.3 is 0 Å². The van der Waals surface area contributed by atoms with Crippen LogP contribution in [0.4, 0.5) is 16.2 Å². The molecular formula is C17H21FN4. The van der Waals surface area contributed by atoms with Gasteiger partial charge in [-0.05, 0) is 30.9 Å². The second kappa shape index (κ2) is 6.73. The maximum absolute atomic E-state index is 13.6. The van der Waals surface area contributed by atoms with Crippen LogP contribution in [0, 0.1) is 11.7 Å². The second-order valence-corrected chi connectivity index (χ2v) is 5.86. The normalized spacial score (nSPS) is 15.8. The molecule has 0 amide bonds. The van der Waals surface area contributed by atoms with Crippen LogP contribution in [0.1, 0.15) is 25.3 Å². The lowest BCUT2D eigenvalue weighted by Gasteiger charge is -2.30. The topological polar surface area (TPSA) is 41.1 Å². The molecule has 1 aliphatic rings. The number of hydrogen-bond donors (Lipinski definition) is 1. The summed E-state index contributed by atoms with van der Waals surface area (Å²) in [5, 5.41) is 3.17. The van der Waals surface area contributed by atoms with Crippen LogP contribution in [0.5, 0.6) is 0 Å². The molecule has 0 aliphatic carbocycles. The van der Waals surface area contributed by atoms with E-state index >= 15 is 0 Å². The van der Waals surface area contributed by atoms with E-state index in [1.165, 1.54) is 18.9 Å². The maximum atomic E-state index is 13.6. The molecule has 0 saturated carbocycles. The summed E-state index contributed by atoms with van der Waals surface area (Å²) in [7, 11) is 0. The lowest BCUT2D eigenvalue weighted by Crippen LogP contribution is -2.34. The van der Waals surface area contributed by atoms with Crippen molar-refractivity contribution in [2.75, 3.05) is 23.3 Å². The van der Waals surface area contributed by atoms with E-state index in [4.69, 9.17) is 0 Å². The Hall–Kier alpha value is -2.17. The van der Waals surface area contributed by atoms with E-state index in [0.717, 1.165) is 30.8 Å². The zero-order valence-corrected chi connectivity index (χ0v) is 12.8. The molecule has 116 valence electrons. The minimum atomic E-state index is -0.200. The summed E-state index contributed by atoms with van der Waals surface area (Å²) in [4.78, 5) is 11.1. The third-order valence-corrected chi connectivity index (χ3v) is 4.13. The average Bonchev–Trinajstić information content (AvgIpc) is 2.55. The summed E-state index contributed by atoms with van der Waals surface area (Å²) >= 11 is 0. The van der Waals surface area contributed by atoms with Gasteiger partial charge in [0.25, 0.3) is 0 Å². The van der Waals surface area contributed by atoms with Gasteiger partial charge in [0.2, 0.25) is 5.95 Å². The molecule has 5 heteroatoms. The third-order valence-electron chi connectivity index (χ3n) is 4.13. The van der Waals surface area contributed by atoms with Crippen molar-refractivity contribution in [1.82, 2.24) is 9.97 Å². The zero-order chi connectivity index (χ0) is 15.4. The van der Waals surface area contributed by atoms with Crippen LogP contribution in [0.25, 0.3) is 0 Å². The molecule has 0 unspecified atom stereocenters. The first-order valence-corrected chi connectivity index (χ1v) is 7.77. The molecule has 1 aromatic heterocycles. The highest BCUT2D eigenvalue weighted by Gasteiger charge is 2.18. The first kappa shape index (κ1) is 14.8. The lowest BCUT2D eigenvalue weighted by molar-refractivity contribution is 0.434. The van der Waals surface area contributed by atoms with Crippen molar-refractivity contribution in [3.8, 4) is 0 Å². The van der Waals surface area contributed by atoms with Crippen LogP contribution >= 0.6 is 0 Å². The molecule has 1 N–H and O–H groups in total. The van der Waals surface area contributed by atoms with E-state index < -0.39 is 0 Å². The molecule has 1 saturated heterocycles. The van der Waals surface area contributed by atoms with E-state index in [1.807, 2.05) is 12.1 Å². The fourth-order valence-electron chi connectivity index (χ4n) is 2.64. The van der Waals surface area contributed by atoms with E-state index in [0.29, 0.717) is 12.1 Å². The predicted octanol–water partition coefficient (Wildman–Crippen LogP) is 3.46. The highest BCUT2D eigenvalue weighted by Crippen LogP contribution is 2.20. The summed E-state index contributed by atoms with van der Waals surface area (Å²) < 4.78 is 13.6. The smallest absolute Gasteiger partial charge is 0.227 e. The van der Waals surface area contributed by atoms with E-state index in [2.05, 4.69) is 27.1 Å². The van der Waals surface area contributed by atoms with Crippen molar-refractivity contribution in [2.24, 2.45) is 5.92 Å². The number of anilines is 2. The summed E-state index contributed by atoms with van der Waals surface area (Å²) in [6.07, 6.45) is 4.11. The minimum Gasteiger partial charge on any atom is -0.366 e. The van der Waals surface area contributed by atoms with Gasteiger partial charge in [0.1, 0.15) is 11.6 Å². The van der Waals surface area contributed by atoms with Crippen molar-refractivity contribution >= 4 is 11.8 Å². The van der Waals surface area contributed by atoms with Gasteiger partial charge in [0.15, 0.2) is 0 Å². The minimum absolute atomic E-state index is 0.200. The number of nitrogens with one attached hydrogen (secondary N) is 1. The van der Waals surface area contributed by atoms with Crippen LogP contribution in [0.2, 0.25) is 0 Å². The van der Waals surface area contributed by atoms with Crippen molar-refractivity contribution < 1.29 is 4.39 Å². The lowest BCUT2D eigenvalue weighted by atomic mass is 10.00. The van der Waals surface area contributed by atoms with Crippen LogP contribution in [-0.4, -0.2) is 23.1 Å². The van der Waals surface area contributed by atoms with Gasteiger partial charge in [-0.3, -0.25) is 0 Å². The molecule has 0 atom stereocenters. The van der Waals surface area contributed by atoms with Gasteiger partial charge < -0.3 is 10.2 Å². The Kier molecular flexibility index (Phi) is 4.51. The molecule has 3 rings (SSSR count). The molecule has 2 heterocycles. The van der Waals surface area contributed by atoms with Gasteiger partial charge in [-0.1, -0.05) is 25.1 Å². The van der Waals surface area contributed by atoms with Gasteiger partial charge in [0, 0.05) is 31.4 Å². The van der Waals surface area contributed by atoms with Crippen molar-refractivity contribution in [3.05, 3.63) is 47.9 Å². The largest absolute Gasteiger partial charge is 0.366 e. The van der Waals surface area contributed by atoms with Crippen molar-refractivity contribution in [3.63, 3.8) is 0 Å². The Morgan fingerprint density at radius 1 is 1.23 bits per heavy atom. The zero-order valence-electron chi connectivity index (χ0n) is 12.8. The van der Waals surface area contributed by atoms with Gasteiger partial charge in [-0.15, -0.1) is 0 Å². The number of benzene rings is 1. The van der Waals surface area contributed by atoms with Gasteiger partial charge in [0.05, 0.1) is 0 Å². The quantitative estimate of drug-likeness (QED) is 0.939. The van der Waals surface area contributed by atoms with Crippen LogP contribution in [0.15, 0.2) is 36.5 Å². The van der Waals surface area contributed by atoms with E-state index in [1.54, 1.807) is 18.3 Å². The van der Waals surface area contributed by atoms with E-state index in [-0.39, 0.29) is 5.82 Å². The highest BCUT2D eigenvalue weighted by molar-refractivity contribution is 5.42. The van der Waals surface area contributed by atoms with Crippen LogP contribution in [0.3, 0.4) is 0 Å². The molecule has 1 aliphatic heterocycles. The predicted molar refractivity (Wildman–Crippen MR) is 86.4 cm³/mol. The molecule has 0 bridgehead atoms. The summed E-state index contributed by atoms with van der Waals surface area (Å²) in [6, 6.07) is 8.59. The maximum Gasteiger partial charge on any atom is 0.227 e. The number of aromatic nitrogens is 2. The Labute approximate surface area is 130 Å². The van der Waals surface area contributed by atoms with Crippen LogP contribution in [-0.2, 0) is 6.54 Å². The molecule has 0 spiro atoms. The number of rotatable bonds is 4. The molecule has 1 fully saturated rings. The summed E-state index contributed by atoms with van der Waals surface area (Å²) in [6.45, 7) is 4.70. The molecule has 22 heavy (non-hydrogen) atoms. The summed E-state index contributed by atoms with van der Waals surface area (Å²) in [5.41, 5.74) is 0.634. The first-order chi connectivity index (χ1) is 10.7. The Morgan fingerprint density at radius 2 is 2.00 bits per heavy atom. The molecular weight excluding hydrogens is 279 g/mol. The van der Waals surface area contributed by atoms with E-state index in [9.17, 15) is 4.39 Å². The molecule has 2 aromatic rings. The summed E-state index contributed by atoms with van der Waals surface area (Å²) in [5.74, 6) is 2.06. The number of hydrogen-bond acceptors (Lipinski definition) is 4. The molecule has 4 nitrogen and oxygen atoms in total. The third kappa shape index (κ3) is 3.53. The second-order valence-electron chi connectivity index (χ2n) is 5.86. The highest BCUT2D eigenvalue weighted by atomic mass is 19.1. The van der Waals surface area contributed by atoms with Crippen molar-refractivity contribution in [2.45, 2.75) is 26.3 Å². The number of piperidine rings is 1. The Balaban J connectivity index is 1.65. The molecule has 0 radical (unpaired) electrons. The fraction of sp³-hybridized carbons (Fsp3) is 0.412. The monoisotopic (exact) mass is 300 g/mol. The van der Waals surface area contributed by atoms with Crippen molar-refractivity contribution in [1.29, 1.82) is 0 Å². The average molecular weight is 300 g/mol. The van der Waals surface area contributed by atoms with Gasteiger partial charge in [-0.25, -0.2) is 9.37 Å².